The fourth-order valence-corrected chi connectivity index (χ4v) is 3.17. The second-order valence-electron chi connectivity index (χ2n) is 6.39. The second kappa shape index (κ2) is 6.91. The number of rotatable bonds is 9. The Bertz CT molecular complexity index is 227. The summed E-state index contributed by atoms with van der Waals surface area (Å²) in [5.41, 5.74) is 0.543. The molecule has 1 aliphatic heterocycles. The predicted molar refractivity (Wildman–Crippen MR) is 76.9 cm³/mol. The van der Waals surface area contributed by atoms with Crippen LogP contribution in [0.2, 0.25) is 0 Å². The van der Waals surface area contributed by atoms with Crippen molar-refractivity contribution in [1.82, 2.24) is 5.32 Å². The van der Waals surface area contributed by atoms with Crippen LogP contribution in [0.15, 0.2) is 0 Å². The van der Waals surface area contributed by atoms with E-state index in [1.807, 2.05) is 0 Å². The van der Waals surface area contributed by atoms with E-state index in [0.29, 0.717) is 11.5 Å². The van der Waals surface area contributed by atoms with Gasteiger partial charge in [0.1, 0.15) is 0 Å². The normalized spacial score (nSPS) is 24.7. The highest BCUT2D eigenvalue weighted by Gasteiger charge is 2.29. The van der Waals surface area contributed by atoms with Crippen molar-refractivity contribution in [3.8, 4) is 0 Å². The first-order valence-electron chi connectivity index (χ1n) is 8.13. The van der Waals surface area contributed by atoms with Crippen molar-refractivity contribution in [2.24, 2.45) is 5.41 Å². The van der Waals surface area contributed by atoms with Gasteiger partial charge in [-0.1, -0.05) is 20.3 Å². The molecular weight excluding hydrogens is 222 g/mol. The smallest absolute Gasteiger partial charge is 0.0576 e. The summed E-state index contributed by atoms with van der Waals surface area (Å²) < 4.78 is 5.73. The average Bonchev–Trinajstić information content (AvgIpc) is 3.09. The molecule has 1 saturated carbocycles. The molecule has 1 N–H and O–H groups in total. The molecule has 1 aliphatic carbocycles. The van der Waals surface area contributed by atoms with E-state index < -0.39 is 0 Å². The lowest BCUT2D eigenvalue weighted by Crippen LogP contribution is -2.34. The molecule has 0 aromatic carbocycles. The van der Waals surface area contributed by atoms with Gasteiger partial charge >= 0.3 is 0 Å². The topological polar surface area (TPSA) is 21.3 Å². The Kier molecular flexibility index (Phi) is 5.50. The van der Waals surface area contributed by atoms with E-state index in [4.69, 9.17) is 4.74 Å². The molecule has 1 heterocycles. The van der Waals surface area contributed by atoms with Gasteiger partial charge in [0.2, 0.25) is 0 Å². The van der Waals surface area contributed by atoms with Crippen molar-refractivity contribution >= 4 is 0 Å². The van der Waals surface area contributed by atoms with Crippen LogP contribution in [0.3, 0.4) is 0 Å². The van der Waals surface area contributed by atoms with Crippen LogP contribution in [0, 0.1) is 5.41 Å². The molecule has 0 spiro atoms. The number of hydrogen-bond donors (Lipinski definition) is 1. The first-order valence-corrected chi connectivity index (χ1v) is 8.13. The fraction of sp³-hybridized carbons (Fsp3) is 1.00. The second-order valence-corrected chi connectivity index (χ2v) is 6.39. The third-order valence-electron chi connectivity index (χ3n) is 5.10. The van der Waals surface area contributed by atoms with Crippen LogP contribution >= 0.6 is 0 Å². The van der Waals surface area contributed by atoms with Crippen molar-refractivity contribution in [1.29, 1.82) is 0 Å². The van der Waals surface area contributed by atoms with Gasteiger partial charge in [-0.05, 0) is 56.8 Å². The summed E-state index contributed by atoms with van der Waals surface area (Å²) in [6.45, 7) is 6.96. The number of ether oxygens (including phenoxy) is 1. The maximum absolute atomic E-state index is 5.73. The summed E-state index contributed by atoms with van der Waals surface area (Å²) in [4.78, 5) is 0. The quantitative estimate of drug-likeness (QED) is 0.673. The molecule has 106 valence electrons. The summed E-state index contributed by atoms with van der Waals surface area (Å²) in [6.07, 6.45) is 12.6. The summed E-state index contributed by atoms with van der Waals surface area (Å²) in [5, 5.41) is 3.75. The molecule has 2 rings (SSSR count). The van der Waals surface area contributed by atoms with Crippen LogP contribution in [0.25, 0.3) is 0 Å². The van der Waals surface area contributed by atoms with Crippen LogP contribution in [0.4, 0.5) is 0 Å². The van der Waals surface area contributed by atoms with Crippen LogP contribution in [-0.2, 0) is 4.74 Å². The van der Waals surface area contributed by atoms with E-state index in [0.717, 1.165) is 12.6 Å². The molecule has 0 amide bonds. The average molecular weight is 253 g/mol. The maximum Gasteiger partial charge on any atom is 0.0576 e. The molecule has 0 aromatic rings. The van der Waals surface area contributed by atoms with Gasteiger partial charge in [0, 0.05) is 19.2 Å². The number of nitrogens with one attached hydrogen (secondary N) is 1. The van der Waals surface area contributed by atoms with E-state index in [-0.39, 0.29) is 0 Å². The fourth-order valence-electron chi connectivity index (χ4n) is 3.17. The molecule has 0 aromatic heterocycles. The van der Waals surface area contributed by atoms with E-state index in [9.17, 15) is 0 Å². The predicted octanol–water partition coefficient (Wildman–Crippen LogP) is 3.89. The van der Waals surface area contributed by atoms with Gasteiger partial charge in [-0.3, -0.25) is 0 Å². The summed E-state index contributed by atoms with van der Waals surface area (Å²) in [7, 11) is 0. The minimum absolute atomic E-state index is 0.543. The van der Waals surface area contributed by atoms with Gasteiger partial charge < -0.3 is 10.1 Å². The third-order valence-corrected chi connectivity index (χ3v) is 5.10. The Morgan fingerprint density at radius 3 is 2.50 bits per heavy atom. The minimum atomic E-state index is 0.543. The Balaban J connectivity index is 1.69. The van der Waals surface area contributed by atoms with Crippen LogP contribution < -0.4 is 5.32 Å². The molecule has 0 radical (unpaired) electrons. The summed E-state index contributed by atoms with van der Waals surface area (Å²) in [6, 6.07) is 0.848. The summed E-state index contributed by atoms with van der Waals surface area (Å²) >= 11 is 0. The van der Waals surface area contributed by atoms with Gasteiger partial charge in [0.25, 0.3) is 0 Å². The van der Waals surface area contributed by atoms with E-state index in [2.05, 4.69) is 19.2 Å². The van der Waals surface area contributed by atoms with E-state index >= 15 is 0 Å². The molecule has 2 aliphatic rings. The zero-order chi connectivity index (χ0) is 12.8. The van der Waals surface area contributed by atoms with Crippen LogP contribution in [0.5, 0.6) is 0 Å². The SMILES string of the molecule is CCC(CC)(CCCC1CCCO1)CNC1CC1. The van der Waals surface area contributed by atoms with Crippen molar-refractivity contribution in [2.75, 3.05) is 13.2 Å². The molecule has 1 unspecified atom stereocenters. The minimum Gasteiger partial charge on any atom is -0.378 e. The third kappa shape index (κ3) is 4.24. The number of hydrogen-bond acceptors (Lipinski definition) is 2. The standard InChI is InChI=1S/C16H31NO/c1-3-16(4-2,13-17-14-9-10-14)11-5-7-15-8-6-12-18-15/h14-15,17H,3-13H2,1-2H3. The lowest BCUT2D eigenvalue weighted by Gasteiger charge is -2.32. The van der Waals surface area contributed by atoms with Crippen LogP contribution in [-0.4, -0.2) is 25.3 Å². The van der Waals surface area contributed by atoms with Crippen molar-refractivity contribution < 1.29 is 4.74 Å². The lowest BCUT2D eigenvalue weighted by molar-refractivity contribution is 0.0960. The summed E-state index contributed by atoms with van der Waals surface area (Å²) in [5.74, 6) is 0. The highest BCUT2D eigenvalue weighted by atomic mass is 16.5. The Morgan fingerprint density at radius 1 is 1.17 bits per heavy atom. The molecule has 2 heteroatoms. The molecule has 1 atom stereocenters. The largest absolute Gasteiger partial charge is 0.378 e. The van der Waals surface area contributed by atoms with Crippen LogP contribution in [0.1, 0.15) is 71.6 Å². The zero-order valence-corrected chi connectivity index (χ0v) is 12.3. The molecular formula is C16H31NO. The van der Waals surface area contributed by atoms with E-state index in [1.165, 1.54) is 64.3 Å². The van der Waals surface area contributed by atoms with Gasteiger partial charge in [0.15, 0.2) is 0 Å². The first-order chi connectivity index (χ1) is 8.78. The molecule has 2 nitrogen and oxygen atoms in total. The molecule has 1 saturated heterocycles. The highest BCUT2D eigenvalue weighted by molar-refractivity contribution is 4.86. The molecule has 2 fully saturated rings. The van der Waals surface area contributed by atoms with Crippen molar-refractivity contribution in [2.45, 2.75) is 83.8 Å². The van der Waals surface area contributed by atoms with Gasteiger partial charge in [-0.25, -0.2) is 0 Å². The zero-order valence-electron chi connectivity index (χ0n) is 12.3. The maximum atomic E-state index is 5.73. The molecule has 18 heavy (non-hydrogen) atoms. The molecule has 0 bridgehead atoms. The van der Waals surface area contributed by atoms with Gasteiger partial charge in [0.05, 0.1) is 6.10 Å². The van der Waals surface area contributed by atoms with E-state index in [1.54, 1.807) is 0 Å². The monoisotopic (exact) mass is 253 g/mol. The first kappa shape index (κ1) is 14.3. The van der Waals surface area contributed by atoms with Crippen molar-refractivity contribution in [3.05, 3.63) is 0 Å². The Hall–Kier alpha value is -0.0800. The Labute approximate surface area is 113 Å². The van der Waals surface area contributed by atoms with Crippen molar-refractivity contribution in [3.63, 3.8) is 0 Å². The Morgan fingerprint density at radius 2 is 1.94 bits per heavy atom. The lowest BCUT2D eigenvalue weighted by atomic mass is 9.77. The van der Waals surface area contributed by atoms with Gasteiger partial charge in [-0.15, -0.1) is 0 Å². The highest BCUT2D eigenvalue weighted by Crippen LogP contribution is 2.34. The van der Waals surface area contributed by atoms with Gasteiger partial charge in [-0.2, -0.15) is 0 Å².